The van der Waals surface area contributed by atoms with Crippen molar-refractivity contribution < 1.29 is 14.1 Å². The van der Waals surface area contributed by atoms with E-state index < -0.39 is 5.97 Å². The molecule has 1 aromatic heterocycles. The van der Waals surface area contributed by atoms with Crippen LogP contribution in [0.5, 0.6) is 0 Å². The molecule has 160 valence electrons. The topological polar surface area (TPSA) is 76.4 Å². The average Bonchev–Trinajstić information content (AvgIpc) is 3.35. The lowest BCUT2D eigenvalue weighted by Crippen LogP contribution is -2.38. The molecule has 31 heavy (non-hydrogen) atoms. The van der Waals surface area contributed by atoms with Crippen LogP contribution in [0, 0.1) is 6.92 Å². The molecule has 0 fully saturated rings. The Labute approximate surface area is 190 Å². The molecule has 4 rings (SSSR count). The summed E-state index contributed by atoms with van der Waals surface area (Å²) in [5, 5.41) is 11.4. The summed E-state index contributed by atoms with van der Waals surface area (Å²) in [4.78, 5) is 12.7. The fraction of sp³-hybridized carbons (Fsp3) is 0.261. The Morgan fingerprint density at radius 2 is 2.03 bits per heavy atom. The number of benzene rings is 2. The predicted octanol–water partition coefficient (Wildman–Crippen LogP) is 4.61. The molecule has 0 amide bonds. The molecule has 1 aliphatic carbocycles. The number of hydrogen-bond acceptors (Lipinski definition) is 5. The quantitative estimate of drug-likeness (QED) is 0.319. The number of nitrogens with zero attached hydrogens (tertiary/aromatic N) is 1. The van der Waals surface area contributed by atoms with Gasteiger partial charge in [0.1, 0.15) is 23.6 Å². The van der Waals surface area contributed by atoms with E-state index in [2.05, 4.69) is 34.0 Å². The molecule has 1 heterocycles. The van der Waals surface area contributed by atoms with Gasteiger partial charge < -0.3 is 19.9 Å². The maximum Gasteiger partial charge on any atom is 0.344 e. The van der Waals surface area contributed by atoms with Gasteiger partial charge in [-0.15, -0.1) is 0 Å². The number of carbonyl (C=O) groups excluding carboxylic acids is 1. The summed E-state index contributed by atoms with van der Waals surface area (Å²) < 4.78 is 10.6. The van der Waals surface area contributed by atoms with E-state index in [0.29, 0.717) is 33.7 Å². The van der Waals surface area contributed by atoms with E-state index in [1.54, 1.807) is 19.1 Å². The van der Waals surface area contributed by atoms with E-state index >= 15 is 0 Å². The van der Waals surface area contributed by atoms with E-state index in [1.807, 2.05) is 18.2 Å². The first-order valence-corrected chi connectivity index (χ1v) is 10.8. The number of carbonyl (C=O) groups is 1. The van der Waals surface area contributed by atoms with Gasteiger partial charge in [-0.3, -0.25) is 0 Å². The highest BCUT2D eigenvalue weighted by Crippen LogP contribution is 2.32. The van der Waals surface area contributed by atoms with Crippen LogP contribution >= 0.6 is 23.8 Å². The number of aromatic nitrogens is 1. The Morgan fingerprint density at radius 3 is 2.87 bits per heavy atom. The van der Waals surface area contributed by atoms with Crippen LogP contribution in [0.25, 0.3) is 11.3 Å². The van der Waals surface area contributed by atoms with Gasteiger partial charge in [0.05, 0.1) is 17.6 Å². The number of thiocarbonyl (C=S) groups is 1. The van der Waals surface area contributed by atoms with E-state index in [4.69, 9.17) is 33.1 Å². The Balaban J connectivity index is 1.29. The van der Waals surface area contributed by atoms with Crippen LogP contribution in [-0.2, 0) is 11.2 Å². The van der Waals surface area contributed by atoms with Gasteiger partial charge in [0.2, 0.25) is 0 Å². The van der Waals surface area contributed by atoms with Crippen molar-refractivity contribution in [2.75, 3.05) is 13.2 Å². The van der Waals surface area contributed by atoms with E-state index in [0.717, 1.165) is 12.8 Å². The minimum absolute atomic E-state index is 0.147. The predicted molar refractivity (Wildman–Crippen MR) is 123 cm³/mol. The third kappa shape index (κ3) is 4.73. The maximum atomic E-state index is 12.7. The zero-order valence-electron chi connectivity index (χ0n) is 17.0. The van der Waals surface area contributed by atoms with E-state index in [-0.39, 0.29) is 18.2 Å². The van der Waals surface area contributed by atoms with Crippen LogP contribution in [0.2, 0.25) is 5.02 Å². The molecule has 0 aliphatic heterocycles. The normalized spacial score (nSPS) is 14.7. The Kier molecular flexibility index (Phi) is 6.53. The van der Waals surface area contributed by atoms with Crippen molar-refractivity contribution in [3.8, 4) is 11.3 Å². The highest BCUT2D eigenvalue weighted by molar-refractivity contribution is 7.80. The first-order chi connectivity index (χ1) is 15.0. The van der Waals surface area contributed by atoms with Crippen LogP contribution in [0.15, 0.2) is 53.1 Å². The van der Waals surface area contributed by atoms with Crippen LogP contribution in [0.3, 0.4) is 0 Å². The van der Waals surface area contributed by atoms with Gasteiger partial charge in [-0.2, -0.15) is 0 Å². The van der Waals surface area contributed by atoms with Crippen molar-refractivity contribution in [1.29, 1.82) is 0 Å². The zero-order valence-corrected chi connectivity index (χ0v) is 18.6. The van der Waals surface area contributed by atoms with E-state index in [1.165, 1.54) is 11.1 Å². The summed E-state index contributed by atoms with van der Waals surface area (Å²) >= 11 is 11.6. The molecule has 0 spiro atoms. The monoisotopic (exact) mass is 455 g/mol. The highest BCUT2D eigenvalue weighted by Gasteiger charge is 2.25. The second-order valence-electron chi connectivity index (χ2n) is 7.27. The van der Waals surface area contributed by atoms with Gasteiger partial charge in [-0.1, -0.05) is 59.2 Å². The first kappa shape index (κ1) is 21.3. The third-order valence-corrected chi connectivity index (χ3v) is 5.85. The summed E-state index contributed by atoms with van der Waals surface area (Å²) in [6.45, 7) is 2.20. The largest absolute Gasteiger partial charge is 0.460 e. The minimum Gasteiger partial charge on any atom is -0.460 e. The van der Waals surface area contributed by atoms with E-state index in [9.17, 15) is 4.79 Å². The Bertz CT molecular complexity index is 1110. The molecule has 0 radical (unpaired) electrons. The van der Waals surface area contributed by atoms with Gasteiger partial charge in [-0.05, 0) is 49.2 Å². The van der Waals surface area contributed by atoms with Crippen molar-refractivity contribution in [2.45, 2.75) is 25.8 Å². The van der Waals surface area contributed by atoms with Crippen molar-refractivity contribution in [1.82, 2.24) is 15.8 Å². The SMILES string of the molecule is Cc1onc(-c2ccccc2Cl)c1C(=O)OCCNC(=S)N[C@H]1CCc2ccccc21. The second-order valence-corrected chi connectivity index (χ2v) is 8.08. The zero-order chi connectivity index (χ0) is 21.8. The van der Waals surface area contributed by atoms with Crippen molar-refractivity contribution >= 4 is 34.9 Å². The molecule has 1 aliphatic rings. The number of esters is 1. The molecule has 2 aromatic carbocycles. The van der Waals surface area contributed by atoms with Gasteiger partial charge in [-0.25, -0.2) is 4.79 Å². The molecule has 0 bridgehead atoms. The molecule has 0 saturated heterocycles. The average molecular weight is 456 g/mol. The summed E-state index contributed by atoms with van der Waals surface area (Å²) in [5.74, 6) is -0.135. The lowest BCUT2D eigenvalue weighted by Gasteiger charge is -2.17. The summed E-state index contributed by atoms with van der Waals surface area (Å²) in [6, 6.07) is 15.7. The second kappa shape index (κ2) is 9.49. The van der Waals surface area contributed by atoms with Crippen LogP contribution in [0.1, 0.15) is 39.7 Å². The number of rotatable bonds is 6. The summed E-state index contributed by atoms with van der Waals surface area (Å²) in [6.07, 6.45) is 2.05. The first-order valence-electron chi connectivity index (χ1n) is 10.0. The molecule has 6 nitrogen and oxygen atoms in total. The Morgan fingerprint density at radius 1 is 1.26 bits per heavy atom. The fourth-order valence-corrected chi connectivity index (χ4v) is 4.22. The summed E-state index contributed by atoms with van der Waals surface area (Å²) in [7, 11) is 0. The summed E-state index contributed by atoms with van der Waals surface area (Å²) in [5.41, 5.74) is 3.91. The lowest BCUT2D eigenvalue weighted by atomic mass is 10.1. The highest BCUT2D eigenvalue weighted by atomic mass is 35.5. The number of aryl methyl sites for hydroxylation is 2. The number of nitrogens with one attached hydrogen (secondary N) is 2. The van der Waals surface area contributed by atoms with Crippen molar-refractivity contribution in [3.05, 3.63) is 76.0 Å². The third-order valence-electron chi connectivity index (χ3n) is 5.25. The molecular weight excluding hydrogens is 434 g/mol. The van der Waals surface area contributed by atoms with Crippen LogP contribution < -0.4 is 10.6 Å². The fourth-order valence-electron chi connectivity index (χ4n) is 3.75. The number of fused-ring (bicyclic) bond motifs is 1. The van der Waals surface area contributed by atoms with Crippen LogP contribution in [0.4, 0.5) is 0 Å². The molecule has 1 atom stereocenters. The standard InChI is InChI=1S/C23H22ClN3O3S/c1-14-20(21(27-30-14)17-8-4-5-9-18(17)24)22(28)29-13-12-25-23(31)26-19-11-10-15-6-2-3-7-16(15)19/h2-9,19H,10-13H2,1H3,(H2,25,26,31)/t19-/m0/s1. The van der Waals surface area contributed by atoms with Gasteiger partial charge in [0, 0.05) is 5.56 Å². The molecular formula is C23H22ClN3O3S. The maximum absolute atomic E-state index is 12.7. The molecule has 8 heteroatoms. The Hall–Kier alpha value is -2.90. The van der Waals surface area contributed by atoms with Crippen LogP contribution in [-0.4, -0.2) is 29.4 Å². The molecule has 0 saturated carbocycles. The molecule has 2 N–H and O–H groups in total. The van der Waals surface area contributed by atoms with Gasteiger partial charge in [0.25, 0.3) is 0 Å². The number of halogens is 1. The number of ether oxygens (including phenoxy) is 1. The minimum atomic E-state index is -0.515. The lowest BCUT2D eigenvalue weighted by molar-refractivity contribution is 0.0511. The smallest absolute Gasteiger partial charge is 0.344 e. The van der Waals surface area contributed by atoms with Crippen molar-refractivity contribution in [2.24, 2.45) is 0 Å². The van der Waals surface area contributed by atoms with Crippen molar-refractivity contribution in [3.63, 3.8) is 0 Å². The molecule has 0 unspecified atom stereocenters. The van der Waals surface area contributed by atoms with Gasteiger partial charge >= 0.3 is 5.97 Å². The number of hydrogen-bond donors (Lipinski definition) is 2. The molecule has 3 aromatic rings. The van der Waals surface area contributed by atoms with Gasteiger partial charge in [0.15, 0.2) is 5.11 Å².